The van der Waals surface area contributed by atoms with Gasteiger partial charge >= 0.3 is 0 Å². The molecular formula is C26H24. The van der Waals surface area contributed by atoms with E-state index in [9.17, 15) is 0 Å². The zero-order valence-electron chi connectivity index (χ0n) is 15.2. The fourth-order valence-corrected chi connectivity index (χ4v) is 6.82. The Morgan fingerprint density at radius 1 is 0.731 bits per heavy atom. The minimum atomic E-state index is 0.295. The van der Waals surface area contributed by atoms with Crippen molar-refractivity contribution in [1.82, 2.24) is 0 Å². The molecule has 26 heavy (non-hydrogen) atoms. The molecule has 0 radical (unpaired) electrons. The molecule has 2 aromatic rings. The van der Waals surface area contributed by atoms with Gasteiger partial charge in [-0.15, -0.1) is 12.8 Å². The second-order valence-electron chi connectivity index (χ2n) is 8.97. The van der Waals surface area contributed by atoms with E-state index in [1.54, 1.807) is 0 Å². The van der Waals surface area contributed by atoms with Crippen LogP contribution >= 0.6 is 0 Å². The molecule has 0 aliphatic heterocycles. The van der Waals surface area contributed by atoms with Crippen LogP contribution in [0.5, 0.6) is 0 Å². The fraction of sp³-hybridized carbons (Fsp3) is 0.385. The maximum absolute atomic E-state index is 5.69. The molecule has 0 heteroatoms. The molecule has 0 unspecified atom stereocenters. The van der Waals surface area contributed by atoms with Crippen LogP contribution in [0.15, 0.2) is 48.5 Å². The van der Waals surface area contributed by atoms with E-state index in [0.717, 1.165) is 23.0 Å². The third-order valence-electron chi connectivity index (χ3n) is 7.34. The van der Waals surface area contributed by atoms with Gasteiger partial charge in [-0.05, 0) is 96.6 Å². The first-order valence-corrected chi connectivity index (χ1v) is 9.79. The highest BCUT2D eigenvalue weighted by Crippen LogP contribution is 2.66. The van der Waals surface area contributed by atoms with Gasteiger partial charge in [0.2, 0.25) is 0 Å². The van der Waals surface area contributed by atoms with Gasteiger partial charge in [-0.25, -0.2) is 0 Å². The summed E-state index contributed by atoms with van der Waals surface area (Å²) < 4.78 is 0. The van der Waals surface area contributed by atoms with Crippen molar-refractivity contribution >= 4 is 0 Å². The lowest BCUT2D eigenvalue weighted by molar-refractivity contribution is -0.0281. The molecule has 0 saturated heterocycles. The molecule has 2 aromatic carbocycles. The molecule has 0 aromatic heterocycles. The van der Waals surface area contributed by atoms with Crippen molar-refractivity contribution in [3.63, 3.8) is 0 Å². The molecule has 4 aliphatic carbocycles. The Kier molecular flexibility index (Phi) is 3.36. The smallest absolute Gasteiger partial charge is 0.0245 e. The highest BCUT2D eigenvalue weighted by atomic mass is 14.6. The largest absolute Gasteiger partial charge is 0.115 e. The van der Waals surface area contributed by atoms with Gasteiger partial charge in [-0.2, -0.15) is 0 Å². The van der Waals surface area contributed by atoms with Crippen molar-refractivity contribution in [1.29, 1.82) is 0 Å². The van der Waals surface area contributed by atoms with E-state index in [1.165, 1.54) is 49.7 Å². The molecule has 4 bridgehead atoms. The third-order valence-corrected chi connectivity index (χ3v) is 7.34. The Balaban J connectivity index is 1.62. The van der Waals surface area contributed by atoms with Crippen LogP contribution in [-0.2, 0) is 10.8 Å². The van der Waals surface area contributed by atoms with Gasteiger partial charge in [0.25, 0.3) is 0 Å². The first-order valence-electron chi connectivity index (χ1n) is 9.79. The average Bonchev–Trinajstić information content (AvgIpc) is 2.67. The Morgan fingerprint density at radius 3 is 1.62 bits per heavy atom. The SMILES string of the molecule is C#Cc1cccc(C23CC4CC(C2)CC(c2cccc(C#C)c2)(C4)C3)c1. The minimum Gasteiger partial charge on any atom is -0.115 e. The van der Waals surface area contributed by atoms with Gasteiger partial charge in [0.1, 0.15) is 0 Å². The highest BCUT2D eigenvalue weighted by molar-refractivity contribution is 5.44. The highest BCUT2D eigenvalue weighted by Gasteiger charge is 2.58. The topological polar surface area (TPSA) is 0 Å². The number of terminal acetylenes is 2. The zero-order chi connectivity index (χ0) is 17.8. The van der Waals surface area contributed by atoms with Crippen LogP contribution in [-0.4, -0.2) is 0 Å². The summed E-state index contributed by atoms with van der Waals surface area (Å²) >= 11 is 0. The summed E-state index contributed by atoms with van der Waals surface area (Å²) in [5.74, 6) is 7.33. The van der Waals surface area contributed by atoms with Gasteiger partial charge in [0.15, 0.2) is 0 Å². The summed E-state index contributed by atoms with van der Waals surface area (Å²) in [6, 6.07) is 17.6. The van der Waals surface area contributed by atoms with Crippen LogP contribution in [0.3, 0.4) is 0 Å². The maximum Gasteiger partial charge on any atom is 0.0245 e. The lowest BCUT2D eigenvalue weighted by Gasteiger charge is -2.63. The van der Waals surface area contributed by atoms with E-state index < -0.39 is 0 Å². The standard InChI is InChI=1S/C26H24/c1-3-19-7-5-9-23(12-19)25-14-21-11-22(15-25)17-26(16-21,18-25)24-10-6-8-20(4-2)13-24/h1-2,5-10,12-13,21-22H,11,14-18H2. The Hall–Kier alpha value is -2.44. The molecule has 6 rings (SSSR count). The number of rotatable bonds is 2. The Labute approximate surface area is 157 Å². The van der Waals surface area contributed by atoms with E-state index in [2.05, 4.69) is 60.4 Å². The second-order valence-corrected chi connectivity index (χ2v) is 8.97. The molecule has 0 amide bonds. The first-order chi connectivity index (χ1) is 12.6. The molecule has 0 heterocycles. The van der Waals surface area contributed by atoms with Crippen LogP contribution in [0.1, 0.15) is 60.8 Å². The quantitative estimate of drug-likeness (QED) is 0.641. The maximum atomic E-state index is 5.69. The van der Waals surface area contributed by atoms with Crippen LogP contribution in [0.4, 0.5) is 0 Å². The first kappa shape index (κ1) is 15.8. The van der Waals surface area contributed by atoms with Gasteiger partial charge in [0, 0.05) is 11.1 Å². The Bertz CT molecular complexity index is 859. The van der Waals surface area contributed by atoms with Gasteiger partial charge in [-0.3, -0.25) is 0 Å². The van der Waals surface area contributed by atoms with E-state index in [1.807, 2.05) is 0 Å². The van der Waals surface area contributed by atoms with Crippen LogP contribution in [0.25, 0.3) is 0 Å². The molecular weight excluding hydrogens is 312 g/mol. The molecule has 4 fully saturated rings. The predicted octanol–water partition coefficient (Wildman–Crippen LogP) is 5.44. The summed E-state index contributed by atoms with van der Waals surface area (Å²) in [5, 5.41) is 0. The lowest BCUT2D eigenvalue weighted by atomic mass is 9.41. The fourth-order valence-electron chi connectivity index (χ4n) is 6.82. The number of benzene rings is 2. The predicted molar refractivity (Wildman–Crippen MR) is 107 cm³/mol. The van der Waals surface area contributed by atoms with Crippen molar-refractivity contribution < 1.29 is 0 Å². The third kappa shape index (κ3) is 2.26. The van der Waals surface area contributed by atoms with Crippen LogP contribution < -0.4 is 0 Å². The second kappa shape index (κ2) is 5.53. The summed E-state index contributed by atoms with van der Waals surface area (Å²) in [5.41, 5.74) is 5.56. The van der Waals surface area contributed by atoms with Crippen molar-refractivity contribution in [2.75, 3.05) is 0 Å². The summed E-state index contributed by atoms with van der Waals surface area (Å²) in [6.07, 6.45) is 19.3. The van der Waals surface area contributed by atoms with E-state index in [-0.39, 0.29) is 0 Å². The Morgan fingerprint density at radius 2 is 1.19 bits per heavy atom. The summed E-state index contributed by atoms with van der Waals surface area (Å²) in [7, 11) is 0. The molecule has 4 aliphatic rings. The van der Waals surface area contributed by atoms with Gasteiger partial charge in [-0.1, -0.05) is 36.1 Å². The van der Waals surface area contributed by atoms with Crippen molar-refractivity contribution in [2.45, 2.75) is 49.4 Å². The van der Waals surface area contributed by atoms with Gasteiger partial charge in [0.05, 0.1) is 0 Å². The lowest BCUT2D eigenvalue weighted by Crippen LogP contribution is -2.55. The average molecular weight is 336 g/mol. The molecule has 0 nitrogen and oxygen atoms in total. The molecule has 0 atom stereocenters. The monoisotopic (exact) mass is 336 g/mol. The minimum absolute atomic E-state index is 0.295. The summed E-state index contributed by atoms with van der Waals surface area (Å²) in [6.45, 7) is 0. The molecule has 4 saturated carbocycles. The molecule has 0 spiro atoms. The van der Waals surface area contributed by atoms with Gasteiger partial charge < -0.3 is 0 Å². The normalized spacial score (nSPS) is 34.2. The number of hydrogen-bond acceptors (Lipinski definition) is 0. The van der Waals surface area contributed by atoms with Crippen LogP contribution in [0, 0.1) is 36.5 Å². The van der Waals surface area contributed by atoms with Crippen molar-refractivity contribution in [2.24, 2.45) is 11.8 Å². The summed E-state index contributed by atoms with van der Waals surface area (Å²) in [4.78, 5) is 0. The molecule has 0 N–H and O–H groups in total. The van der Waals surface area contributed by atoms with Crippen molar-refractivity contribution in [3.8, 4) is 24.7 Å². The zero-order valence-corrected chi connectivity index (χ0v) is 15.2. The van der Waals surface area contributed by atoms with E-state index in [4.69, 9.17) is 12.8 Å². The van der Waals surface area contributed by atoms with Crippen molar-refractivity contribution in [3.05, 3.63) is 70.8 Å². The van der Waals surface area contributed by atoms with E-state index in [0.29, 0.717) is 10.8 Å². The van der Waals surface area contributed by atoms with Crippen LogP contribution in [0.2, 0.25) is 0 Å². The molecule has 128 valence electrons. The van der Waals surface area contributed by atoms with E-state index >= 15 is 0 Å². The number of hydrogen-bond donors (Lipinski definition) is 0.